The van der Waals surface area contributed by atoms with Crippen LogP contribution in [0.25, 0.3) is 22.6 Å². The van der Waals surface area contributed by atoms with Crippen molar-refractivity contribution in [2.75, 3.05) is 10.6 Å². The number of benzene rings is 4. The van der Waals surface area contributed by atoms with E-state index >= 15 is 0 Å². The highest BCUT2D eigenvalue weighted by molar-refractivity contribution is 6.04. The van der Waals surface area contributed by atoms with Crippen molar-refractivity contribution in [1.29, 1.82) is 0 Å². The molecule has 0 aliphatic rings. The molecule has 1 aromatic heterocycles. The summed E-state index contributed by atoms with van der Waals surface area (Å²) in [5.74, 6) is 0.184. The van der Waals surface area contributed by atoms with Crippen molar-refractivity contribution in [3.63, 3.8) is 0 Å². The van der Waals surface area contributed by atoms with Crippen LogP contribution in [0.5, 0.6) is 0 Å². The Hall–Kier alpha value is -4.71. The first-order valence-corrected chi connectivity index (χ1v) is 10.9. The van der Waals surface area contributed by atoms with E-state index in [1.807, 2.05) is 66.7 Å². The molecule has 6 heteroatoms. The molecule has 5 rings (SSSR count). The van der Waals surface area contributed by atoms with Gasteiger partial charge in [0.2, 0.25) is 11.8 Å². The standard InChI is InChI=1S/C28H21N3O3/c32-26(18-19-6-2-1-3-7-19)29-22-14-10-20(11-15-22)27(33)30-23-16-12-21(13-17-23)28-31-24-8-4-5-9-25(24)34-28/h1-17H,18H2,(H,29,32)(H,30,33). The normalized spacial score (nSPS) is 10.7. The van der Waals surface area contributed by atoms with Crippen molar-refractivity contribution in [2.45, 2.75) is 6.42 Å². The van der Waals surface area contributed by atoms with Crippen LogP contribution in [0.3, 0.4) is 0 Å². The fourth-order valence-corrected chi connectivity index (χ4v) is 3.59. The maximum atomic E-state index is 12.6. The van der Waals surface area contributed by atoms with E-state index in [1.54, 1.807) is 36.4 Å². The second-order valence-corrected chi connectivity index (χ2v) is 7.81. The molecule has 0 saturated heterocycles. The molecular weight excluding hydrogens is 426 g/mol. The van der Waals surface area contributed by atoms with Gasteiger partial charge in [0.05, 0.1) is 6.42 Å². The zero-order chi connectivity index (χ0) is 23.3. The summed E-state index contributed by atoms with van der Waals surface area (Å²) in [5.41, 5.74) is 5.08. The van der Waals surface area contributed by atoms with Crippen LogP contribution in [0.4, 0.5) is 11.4 Å². The van der Waals surface area contributed by atoms with Crippen LogP contribution < -0.4 is 10.6 Å². The molecule has 1 heterocycles. The van der Waals surface area contributed by atoms with Crippen molar-refractivity contribution in [1.82, 2.24) is 4.98 Å². The number of fused-ring (bicyclic) bond motifs is 1. The van der Waals surface area contributed by atoms with E-state index < -0.39 is 0 Å². The van der Waals surface area contributed by atoms with E-state index in [-0.39, 0.29) is 11.8 Å². The summed E-state index contributed by atoms with van der Waals surface area (Å²) in [6.45, 7) is 0. The average Bonchev–Trinajstić information content (AvgIpc) is 3.30. The Morgan fingerprint density at radius 1 is 0.706 bits per heavy atom. The van der Waals surface area contributed by atoms with E-state index in [0.717, 1.165) is 22.2 Å². The molecule has 0 unspecified atom stereocenters. The average molecular weight is 447 g/mol. The topological polar surface area (TPSA) is 84.2 Å². The summed E-state index contributed by atoms with van der Waals surface area (Å²) in [6.07, 6.45) is 0.294. The number of rotatable bonds is 6. The molecule has 2 N–H and O–H groups in total. The van der Waals surface area contributed by atoms with Gasteiger partial charge in [-0.1, -0.05) is 42.5 Å². The monoisotopic (exact) mass is 447 g/mol. The minimum atomic E-state index is -0.239. The Morgan fingerprint density at radius 3 is 2.09 bits per heavy atom. The first kappa shape index (κ1) is 21.2. The van der Waals surface area contributed by atoms with Gasteiger partial charge in [-0.15, -0.1) is 0 Å². The number of oxazole rings is 1. The van der Waals surface area contributed by atoms with E-state index in [9.17, 15) is 9.59 Å². The van der Waals surface area contributed by atoms with Crippen LogP contribution in [0.2, 0.25) is 0 Å². The summed E-state index contributed by atoms with van der Waals surface area (Å²) >= 11 is 0. The van der Waals surface area contributed by atoms with Gasteiger partial charge in [0.25, 0.3) is 5.91 Å². The first-order valence-electron chi connectivity index (χ1n) is 10.9. The van der Waals surface area contributed by atoms with Crippen molar-refractivity contribution in [2.24, 2.45) is 0 Å². The minimum absolute atomic E-state index is 0.109. The molecular formula is C28H21N3O3. The molecule has 0 spiro atoms. The molecule has 2 amide bonds. The van der Waals surface area contributed by atoms with Gasteiger partial charge in [-0.2, -0.15) is 0 Å². The zero-order valence-corrected chi connectivity index (χ0v) is 18.2. The van der Waals surface area contributed by atoms with E-state index in [4.69, 9.17) is 4.42 Å². The van der Waals surface area contributed by atoms with Crippen LogP contribution in [0.15, 0.2) is 108 Å². The predicted octanol–water partition coefficient (Wildman–Crippen LogP) is 5.93. The molecule has 4 aromatic carbocycles. The first-order chi connectivity index (χ1) is 16.6. The van der Waals surface area contributed by atoms with Crippen molar-refractivity contribution < 1.29 is 14.0 Å². The molecule has 0 saturated carbocycles. The molecule has 0 bridgehead atoms. The maximum absolute atomic E-state index is 12.6. The third-order valence-electron chi connectivity index (χ3n) is 5.32. The number of para-hydroxylation sites is 2. The van der Waals surface area contributed by atoms with Gasteiger partial charge >= 0.3 is 0 Å². The molecule has 166 valence electrons. The van der Waals surface area contributed by atoms with Crippen molar-refractivity contribution >= 4 is 34.3 Å². The Morgan fingerprint density at radius 2 is 1.35 bits per heavy atom. The number of aromatic nitrogens is 1. The van der Waals surface area contributed by atoms with Gasteiger partial charge in [0.1, 0.15) is 5.52 Å². The third-order valence-corrected chi connectivity index (χ3v) is 5.32. The highest BCUT2D eigenvalue weighted by atomic mass is 16.3. The number of carbonyl (C=O) groups is 2. The summed E-state index contributed by atoms with van der Waals surface area (Å²) in [6, 6.07) is 31.2. The second-order valence-electron chi connectivity index (χ2n) is 7.81. The highest BCUT2D eigenvalue weighted by Gasteiger charge is 2.10. The minimum Gasteiger partial charge on any atom is -0.436 e. The fourth-order valence-electron chi connectivity index (χ4n) is 3.59. The van der Waals surface area contributed by atoms with E-state index in [1.165, 1.54) is 0 Å². The number of carbonyl (C=O) groups excluding carboxylic acids is 2. The summed E-state index contributed by atoms with van der Waals surface area (Å²) in [7, 11) is 0. The Bertz CT molecular complexity index is 1410. The van der Waals surface area contributed by atoms with Crippen LogP contribution in [0.1, 0.15) is 15.9 Å². The number of nitrogens with one attached hydrogen (secondary N) is 2. The lowest BCUT2D eigenvalue weighted by molar-refractivity contribution is -0.115. The maximum Gasteiger partial charge on any atom is 0.255 e. The van der Waals surface area contributed by atoms with Crippen LogP contribution >= 0.6 is 0 Å². The largest absolute Gasteiger partial charge is 0.436 e. The second kappa shape index (κ2) is 9.42. The Balaban J connectivity index is 1.20. The molecule has 34 heavy (non-hydrogen) atoms. The van der Waals surface area contributed by atoms with Gasteiger partial charge in [0.15, 0.2) is 5.58 Å². The Kier molecular flexibility index (Phi) is 5.86. The van der Waals surface area contributed by atoms with Gasteiger partial charge in [-0.05, 0) is 66.2 Å². The van der Waals surface area contributed by atoms with E-state index in [0.29, 0.717) is 29.2 Å². The van der Waals surface area contributed by atoms with Crippen molar-refractivity contribution in [3.8, 4) is 11.5 Å². The van der Waals surface area contributed by atoms with Crippen LogP contribution in [0, 0.1) is 0 Å². The fraction of sp³-hybridized carbons (Fsp3) is 0.0357. The number of anilines is 2. The summed E-state index contributed by atoms with van der Waals surface area (Å²) < 4.78 is 5.79. The molecule has 0 radical (unpaired) electrons. The summed E-state index contributed by atoms with van der Waals surface area (Å²) in [5, 5.41) is 5.73. The number of hydrogen-bond donors (Lipinski definition) is 2. The van der Waals surface area contributed by atoms with Crippen molar-refractivity contribution in [3.05, 3.63) is 114 Å². The molecule has 6 nitrogen and oxygen atoms in total. The highest BCUT2D eigenvalue weighted by Crippen LogP contribution is 2.25. The van der Waals surface area contributed by atoms with Gasteiger partial charge in [-0.3, -0.25) is 9.59 Å². The van der Waals surface area contributed by atoms with Crippen LogP contribution in [-0.2, 0) is 11.2 Å². The smallest absolute Gasteiger partial charge is 0.255 e. The Labute approximate surface area is 196 Å². The SMILES string of the molecule is O=C(Cc1ccccc1)Nc1ccc(C(=O)Nc2ccc(-c3nc4ccccc4o3)cc2)cc1. The van der Waals surface area contributed by atoms with E-state index in [2.05, 4.69) is 15.6 Å². The van der Waals surface area contributed by atoms with Gasteiger partial charge in [0, 0.05) is 22.5 Å². The molecule has 5 aromatic rings. The van der Waals surface area contributed by atoms with Gasteiger partial charge in [-0.25, -0.2) is 4.98 Å². The molecule has 0 atom stereocenters. The predicted molar refractivity (Wildman–Crippen MR) is 133 cm³/mol. The zero-order valence-electron chi connectivity index (χ0n) is 18.2. The lowest BCUT2D eigenvalue weighted by Crippen LogP contribution is -2.15. The number of nitrogens with zero attached hydrogens (tertiary/aromatic N) is 1. The lowest BCUT2D eigenvalue weighted by atomic mass is 10.1. The molecule has 0 fully saturated rings. The third kappa shape index (κ3) is 4.86. The summed E-state index contributed by atoms with van der Waals surface area (Å²) in [4.78, 5) is 29.3. The van der Waals surface area contributed by atoms with Crippen LogP contribution in [-0.4, -0.2) is 16.8 Å². The quantitative estimate of drug-likeness (QED) is 0.338. The van der Waals surface area contributed by atoms with Gasteiger partial charge < -0.3 is 15.1 Å². The lowest BCUT2D eigenvalue weighted by Gasteiger charge is -2.08. The molecule has 0 aliphatic carbocycles. The molecule has 0 aliphatic heterocycles. The number of hydrogen-bond acceptors (Lipinski definition) is 4. The number of amides is 2.